The van der Waals surface area contributed by atoms with Gasteiger partial charge in [-0.25, -0.2) is 0 Å². The number of ether oxygens (including phenoxy) is 1. The van der Waals surface area contributed by atoms with Crippen LogP contribution in [0.2, 0.25) is 0 Å². The van der Waals surface area contributed by atoms with Crippen molar-refractivity contribution in [2.24, 2.45) is 11.3 Å². The fourth-order valence-corrected chi connectivity index (χ4v) is 5.76. The number of benzene rings is 1. The van der Waals surface area contributed by atoms with Crippen molar-refractivity contribution in [3.8, 4) is 0 Å². The summed E-state index contributed by atoms with van der Waals surface area (Å²) in [6.07, 6.45) is 1.84. The van der Waals surface area contributed by atoms with E-state index in [4.69, 9.17) is 9.72 Å². The zero-order valence-corrected chi connectivity index (χ0v) is 25.1. The Morgan fingerprint density at radius 3 is 2.15 bits per heavy atom. The van der Waals surface area contributed by atoms with E-state index >= 15 is 0 Å². The summed E-state index contributed by atoms with van der Waals surface area (Å²) in [6, 6.07) is 4.35. The molecule has 0 saturated heterocycles. The number of rotatable bonds is 6. The summed E-state index contributed by atoms with van der Waals surface area (Å²) in [5, 5.41) is 11.3. The molecular formula is C33H46F3NO3. The number of methoxy groups -OCH3 is 1. The van der Waals surface area contributed by atoms with E-state index in [-0.39, 0.29) is 22.7 Å². The number of carbonyl (C=O) groups is 1. The van der Waals surface area contributed by atoms with Gasteiger partial charge in [0.1, 0.15) is 0 Å². The van der Waals surface area contributed by atoms with Gasteiger partial charge in [-0.2, -0.15) is 13.2 Å². The Bertz CT molecular complexity index is 1150. The predicted molar refractivity (Wildman–Crippen MR) is 153 cm³/mol. The molecule has 4 nitrogen and oxygen atoms in total. The minimum absolute atomic E-state index is 0.0903. The van der Waals surface area contributed by atoms with Gasteiger partial charge in [-0.05, 0) is 67.6 Å². The van der Waals surface area contributed by atoms with Crippen LogP contribution in [0.25, 0.3) is 0 Å². The number of carbonyl (C=O) groups excluding carboxylic acids is 1. The van der Waals surface area contributed by atoms with Gasteiger partial charge in [0.15, 0.2) is 5.78 Å². The van der Waals surface area contributed by atoms with E-state index in [1.54, 1.807) is 7.11 Å². The molecule has 2 atom stereocenters. The van der Waals surface area contributed by atoms with Crippen molar-refractivity contribution in [3.05, 3.63) is 63.5 Å². The third-order valence-corrected chi connectivity index (χ3v) is 8.38. The number of pyridine rings is 1. The first-order valence-corrected chi connectivity index (χ1v) is 14.7. The van der Waals surface area contributed by atoms with Crippen molar-refractivity contribution in [3.63, 3.8) is 0 Å². The topological polar surface area (TPSA) is 59.4 Å². The van der Waals surface area contributed by atoms with Crippen LogP contribution >= 0.6 is 0 Å². The lowest BCUT2D eigenvalue weighted by Crippen LogP contribution is -2.31. The van der Waals surface area contributed by atoms with Gasteiger partial charge in [0.25, 0.3) is 0 Å². The van der Waals surface area contributed by atoms with Gasteiger partial charge in [0.05, 0.1) is 29.0 Å². The molecule has 0 spiro atoms. The van der Waals surface area contributed by atoms with Gasteiger partial charge in [-0.3, -0.25) is 9.78 Å². The summed E-state index contributed by atoms with van der Waals surface area (Å²) in [7, 11) is 1.55. The molecule has 1 heterocycles. The lowest BCUT2D eigenvalue weighted by Gasteiger charge is -2.38. The molecule has 0 aliphatic heterocycles. The smallest absolute Gasteiger partial charge is 0.388 e. The van der Waals surface area contributed by atoms with Crippen molar-refractivity contribution >= 4 is 5.78 Å². The van der Waals surface area contributed by atoms with Crippen LogP contribution in [0.4, 0.5) is 13.2 Å². The van der Waals surface area contributed by atoms with Crippen LogP contribution in [0.3, 0.4) is 0 Å². The summed E-state index contributed by atoms with van der Waals surface area (Å²) < 4.78 is 45.0. The van der Waals surface area contributed by atoms with Crippen LogP contribution in [0.1, 0.15) is 149 Å². The Balaban J connectivity index is 0.000000810. The standard InChI is InChI=1S/C28H34F3NO3.C5H12/c1-16(35-4)25-24(26(34)18-10-12-19(13-11-18)28(29,30)31)22(17-8-6-5-7-9-17)23-20(32-25)14-27(2,3)15-21(23)33;1-4-5(2)3/h10-13,16-17,21,33H,5-9,14-15H2,1-4H3;5H,4H2,1-3H3. The number of fused-ring (bicyclic) bond motifs is 1. The maximum Gasteiger partial charge on any atom is 0.416 e. The van der Waals surface area contributed by atoms with Crippen LogP contribution in [-0.4, -0.2) is 23.0 Å². The number of hydrogen-bond donors (Lipinski definition) is 1. The van der Waals surface area contributed by atoms with Gasteiger partial charge in [0, 0.05) is 23.9 Å². The molecule has 7 heteroatoms. The number of alkyl halides is 3. The number of halogens is 3. The first-order chi connectivity index (χ1) is 18.7. The van der Waals surface area contributed by atoms with Gasteiger partial charge >= 0.3 is 6.18 Å². The van der Waals surface area contributed by atoms with Crippen LogP contribution < -0.4 is 0 Å². The highest BCUT2D eigenvalue weighted by atomic mass is 19.4. The first-order valence-electron chi connectivity index (χ1n) is 14.7. The quantitative estimate of drug-likeness (QED) is 0.357. The lowest BCUT2D eigenvalue weighted by atomic mass is 9.69. The van der Waals surface area contributed by atoms with Gasteiger partial charge in [-0.15, -0.1) is 0 Å². The molecule has 1 fully saturated rings. The number of aliphatic hydroxyl groups is 1. The third-order valence-electron chi connectivity index (χ3n) is 8.38. The largest absolute Gasteiger partial charge is 0.416 e. The Morgan fingerprint density at radius 1 is 1.07 bits per heavy atom. The second kappa shape index (κ2) is 13.2. The second-order valence-corrected chi connectivity index (χ2v) is 12.6. The molecule has 40 heavy (non-hydrogen) atoms. The summed E-state index contributed by atoms with van der Waals surface area (Å²) in [4.78, 5) is 18.9. The Hall–Kier alpha value is -2.25. The average molecular weight is 562 g/mol. The van der Waals surface area contributed by atoms with Crippen LogP contribution in [0.5, 0.6) is 0 Å². The molecule has 0 bridgehead atoms. The molecule has 1 aromatic heterocycles. The Kier molecular flexibility index (Phi) is 10.6. The first kappa shape index (κ1) is 32.3. The van der Waals surface area contributed by atoms with E-state index in [1.165, 1.54) is 18.6 Å². The monoisotopic (exact) mass is 561 g/mol. The van der Waals surface area contributed by atoms with E-state index in [0.717, 1.165) is 67.0 Å². The number of aliphatic hydroxyl groups excluding tert-OH is 1. The maximum atomic E-state index is 14.0. The van der Waals surface area contributed by atoms with Crippen LogP contribution in [0.15, 0.2) is 24.3 Å². The van der Waals surface area contributed by atoms with Gasteiger partial charge in [0.2, 0.25) is 0 Å². The third kappa shape index (κ3) is 7.52. The SMILES string of the molecule is CCC(C)C.COC(C)c1nc2c(c(C3CCCCC3)c1C(=O)c1ccc(C(F)(F)F)cc1)C(O)CC(C)(C)C2. The average Bonchev–Trinajstić information content (AvgIpc) is 2.90. The highest BCUT2D eigenvalue weighted by molar-refractivity contribution is 6.11. The second-order valence-electron chi connectivity index (χ2n) is 12.6. The van der Waals surface area contributed by atoms with E-state index in [2.05, 4.69) is 34.6 Å². The Labute approximate surface area is 237 Å². The molecule has 0 amide bonds. The minimum Gasteiger partial charge on any atom is -0.388 e. The van der Waals surface area contributed by atoms with Gasteiger partial charge in [-0.1, -0.05) is 72.4 Å². The molecule has 1 N–H and O–H groups in total. The predicted octanol–water partition coefficient (Wildman–Crippen LogP) is 9.14. The fourth-order valence-electron chi connectivity index (χ4n) is 5.76. The van der Waals surface area contributed by atoms with Crippen molar-refractivity contribution in [1.29, 1.82) is 0 Å². The molecule has 2 aliphatic carbocycles. The molecule has 222 valence electrons. The molecule has 2 unspecified atom stereocenters. The summed E-state index contributed by atoms with van der Waals surface area (Å²) >= 11 is 0. The highest BCUT2D eigenvalue weighted by Crippen LogP contribution is 2.48. The zero-order chi connectivity index (χ0) is 29.8. The van der Waals surface area contributed by atoms with Crippen molar-refractivity contribution in [1.82, 2.24) is 4.98 Å². The molecule has 2 aliphatic rings. The molecule has 4 rings (SSSR count). The van der Waals surface area contributed by atoms with Crippen molar-refractivity contribution < 1.29 is 27.8 Å². The highest BCUT2D eigenvalue weighted by Gasteiger charge is 2.40. The van der Waals surface area contributed by atoms with Gasteiger partial charge < -0.3 is 9.84 Å². The van der Waals surface area contributed by atoms with Crippen LogP contribution in [0, 0.1) is 11.3 Å². The van der Waals surface area contributed by atoms with E-state index < -0.39 is 23.9 Å². The lowest BCUT2D eigenvalue weighted by molar-refractivity contribution is -0.137. The summed E-state index contributed by atoms with van der Waals surface area (Å²) in [5.74, 6) is 0.605. The molecular weight excluding hydrogens is 515 g/mol. The molecule has 0 radical (unpaired) electrons. The number of aromatic nitrogens is 1. The van der Waals surface area contributed by atoms with Crippen molar-refractivity contribution in [2.75, 3.05) is 7.11 Å². The summed E-state index contributed by atoms with van der Waals surface area (Å²) in [5.41, 5.74) is 2.51. The molecule has 2 aromatic rings. The zero-order valence-electron chi connectivity index (χ0n) is 25.1. The minimum atomic E-state index is -4.48. The number of nitrogens with zero attached hydrogens (tertiary/aromatic N) is 1. The van der Waals surface area contributed by atoms with E-state index in [0.29, 0.717) is 24.1 Å². The normalized spacial score (nSPS) is 19.9. The number of ketones is 1. The molecule has 1 saturated carbocycles. The number of hydrogen-bond acceptors (Lipinski definition) is 4. The van der Waals surface area contributed by atoms with Crippen molar-refractivity contribution in [2.45, 2.75) is 117 Å². The van der Waals surface area contributed by atoms with E-state index in [9.17, 15) is 23.1 Å². The molecule has 1 aromatic carbocycles. The van der Waals surface area contributed by atoms with Crippen LogP contribution in [-0.2, 0) is 17.3 Å². The summed E-state index contributed by atoms with van der Waals surface area (Å²) in [6.45, 7) is 12.7. The Morgan fingerprint density at radius 2 is 1.65 bits per heavy atom. The maximum absolute atomic E-state index is 14.0. The van der Waals surface area contributed by atoms with E-state index in [1.807, 2.05) is 6.92 Å². The fraction of sp³-hybridized carbons (Fsp3) is 0.636.